The van der Waals surface area contributed by atoms with E-state index in [1.165, 1.54) is 0 Å². The average Bonchev–Trinajstić information content (AvgIpc) is 3.11. The topological polar surface area (TPSA) is 64.4 Å². The first-order valence-electron chi connectivity index (χ1n) is 9.57. The van der Waals surface area contributed by atoms with E-state index in [9.17, 15) is 4.79 Å². The van der Waals surface area contributed by atoms with E-state index >= 15 is 0 Å². The summed E-state index contributed by atoms with van der Waals surface area (Å²) < 4.78 is 11.5. The third-order valence-corrected chi connectivity index (χ3v) is 5.11. The molecule has 0 unspecified atom stereocenters. The van der Waals surface area contributed by atoms with Gasteiger partial charge in [0, 0.05) is 16.3 Å². The maximum absolute atomic E-state index is 12.4. The van der Waals surface area contributed by atoms with Crippen LogP contribution >= 0.6 is 11.6 Å². The summed E-state index contributed by atoms with van der Waals surface area (Å²) in [7, 11) is 0. The Hall–Kier alpha value is -3.31. The summed E-state index contributed by atoms with van der Waals surface area (Å²) in [5.41, 5.74) is 5.93. The van der Waals surface area contributed by atoms with Crippen molar-refractivity contribution in [1.29, 1.82) is 0 Å². The molecule has 1 aromatic heterocycles. The lowest BCUT2D eigenvalue weighted by Crippen LogP contribution is -2.21. The summed E-state index contributed by atoms with van der Waals surface area (Å²) in [6.07, 6.45) is 0. The number of oxazole rings is 1. The van der Waals surface area contributed by atoms with E-state index in [-0.39, 0.29) is 12.5 Å². The lowest BCUT2D eigenvalue weighted by Gasteiger charge is -2.12. The van der Waals surface area contributed by atoms with E-state index in [2.05, 4.69) is 10.3 Å². The predicted octanol–water partition coefficient (Wildman–Crippen LogP) is 6.09. The quantitative estimate of drug-likeness (QED) is 0.424. The first kappa shape index (κ1) is 20.0. The van der Waals surface area contributed by atoms with Crippen LogP contribution in [0.15, 0.2) is 59.0 Å². The van der Waals surface area contributed by atoms with Gasteiger partial charge in [-0.1, -0.05) is 23.7 Å². The molecule has 5 nitrogen and oxygen atoms in total. The number of ether oxygens (including phenoxy) is 1. The highest BCUT2D eigenvalue weighted by Crippen LogP contribution is 2.31. The van der Waals surface area contributed by atoms with Crippen molar-refractivity contribution >= 4 is 34.3 Å². The molecule has 30 heavy (non-hydrogen) atoms. The fourth-order valence-corrected chi connectivity index (χ4v) is 3.49. The number of anilines is 1. The molecule has 4 rings (SSSR count). The molecule has 0 aliphatic rings. The molecule has 0 spiro atoms. The van der Waals surface area contributed by atoms with Gasteiger partial charge < -0.3 is 14.5 Å². The smallest absolute Gasteiger partial charge is 0.262 e. The molecule has 0 fully saturated rings. The van der Waals surface area contributed by atoms with Crippen LogP contribution in [-0.2, 0) is 4.79 Å². The second-order valence-electron chi connectivity index (χ2n) is 7.22. The van der Waals surface area contributed by atoms with Gasteiger partial charge in [0.1, 0.15) is 11.3 Å². The normalized spacial score (nSPS) is 10.9. The number of hydrogen-bond donors (Lipinski definition) is 1. The minimum absolute atomic E-state index is 0.103. The Kier molecular flexibility index (Phi) is 5.46. The number of rotatable bonds is 5. The van der Waals surface area contributed by atoms with Crippen LogP contribution in [0, 0.1) is 20.8 Å². The monoisotopic (exact) mass is 420 g/mol. The summed E-state index contributed by atoms with van der Waals surface area (Å²) >= 11 is 5.96. The lowest BCUT2D eigenvalue weighted by atomic mass is 10.1. The minimum atomic E-state index is -0.252. The van der Waals surface area contributed by atoms with Crippen molar-refractivity contribution < 1.29 is 13.9 Å². The van der Waals surface area contributed by atoms with E-state index in [0.29, 0.717) is 22.4 Å². The van der Waals surface area contributed by atoms with Crippen molar-refractivity contribution in [3.8, 4) is 17.2 Å². The van der Waals surface area contributed by atoms with Crippen LogP contribution in [0.1, 0.15) is 16.7 Å². The van der Waals surface area contributed by atoms with E-state index in [4.69, 9.17) is 20.8 Å². The van der Waals surface area contributed by atoms with Crippen molar-refractivity contribution in [2.75, 3.05) is 11.9 Å². The number of aromatic nitrogens is 1. The molecule has 1 N–H and O–H groups in total. The van der Waals surface area contributed by atoms with Crippen LogP contribution in [0.3, 0.4) is 0 Å². The second-order valence-corrected chi connectivity index (χ2v) is 7.65. The van der Waals surface area contributed by atoms with Gasteiger partial charge in [-0.05, 0) is 79.9 Å². The molecule has 1 heterocycles. The maximum Gasteiger partial charge on any atom is 0.262 e. The number of nitrogens with zero attached hydrogens (tertiary/aromatic N) is 1. The number of carbonyl (C=O) groups is 1. The highest BCUT2D eigenvalue weighted by molar-refractivity contribution is 6.30. The van der Waals surface area contributed by atoms with Gasteiger partial charge in [-0.25, -0.2) is 4.98 Å². The minimum Gasteiger partial charge on any atom is -0.483 e. The summed E-state index contributed by atoms with van der Waals surface area (Å²) in [5, 5.41) is 3.54. The van der Waals surface area contributed by atoms with E-state index < -0.39 is 0 Å². The molecular weight excluding hydrogens is 400 g/mol. The molecule has 6 heteroatoms. The predicted molar refractivity (Wildman–Crippen MR) is 119 cm³/mol. The van der Waals surface area contributed by atoms with Gasteiger partial charge in [-0.2, -0.15) is 0 Å². The van der Waals surface area contributed by atoms with Gasteiger partial charge in [0.2, 0.25) is 5.89 Å². The number of aryl methyl sites for hydroxylation is 2. The largest absolute Gasteiger partial charge is 0.483 e. The molecule has 4 aromatic rings. The van der Waals surface area contributed by atoms with Crippen LogP contribution in [0.5, 0.6) is 5.75 Å². The number of amides is 1. The maximum atomic E-state index is 12.4. The molecule has 0 aliphatic heterocycles. The van der Waals surface area contributed by atoms with Gasteiger partial charge in [0.05, 0.1) is 0 Å². The summed E-state index contributed by atoms with van der Waals surface area (Å²) in [5.74, 6) is 0.900. The zero-order valence-electron chi connectivity index (χ0n) is 17.0. The van der Waals surface area contributed by atoms with Gasteiger partial charge >= 0.3 is 0 Å². The number of hydrogen-bond acceptors (Lipinski definition) is 4. The van der Waals surface area contributed by atoms with Crippen LogP contribution in [0.25, 0.3) is 22.6 Å². The Morgan fingerprint density at radius 2 is 1.93 bits per heavy atom. The molecule has 0 saturated heterocycles. The van der Waals surface area contributed by atoms with Gasteiger partial charge in [-0.15, -0.1) is 0 Å². The summed E-state index contributed by atoms with van der Waals surface area (Å²) in [6, 6.07) is 16.8. The molecule has 0 radical (unpaired) electrons. The first-order chi connectivity index (χ1) is 14.4. The standard InChI is InChI=1S/C24H21ClN2O3/c1-14-7-9-22-20(11-14)27-24(30-22)18-5-4-6-19(16(18)3)26-23(28)13-29-21-10-8-17(25)12-15(21)2/h4-12H,13H2,1-3H3,(H,26,28). The SMILES string of the molecule is Cc1ccc2oc(-c3cccc(NC(=O)COc4ccc(Cl)cc4C)c3C)nc2c1. The highest BCUT2D eigenvalue weighted by atomic mass is 35.5. The molecule has 0 saturated carbocycles. The Morgan fingerprint density at radius 3 is 2.73 bits per heavy atom. The van der Waals surface area contributed by atoms with Crippen molar-refractivity contribution in [1.82, 2.24) is 4.98 Å². The number of carbonyl (C=O) groups excluding carboxylic acids is 1. The molecule has 0 atom stereocenters. The van der Waals surface area contributed by atoms with E-state index in [1.807, 2.05) is 57.2 Å². The Balaban J connectivity index is 1.51. The fraction of sp³-hybridized carbons (Fsp3) is 0.167. The number of fused-ring (bicyclic) bond motifs is 1. The molecule has 3 aromatic carbocycles. The van der Waals surface area contributed by atoms with Gasteiger partial charge in [0.25, 0.3) is 5.91 Å². The van der Waals surface area contributed by atoms with Crippen molar-refractivity contribution in [2.24, 2.45) is 0 Å². The Morgan fingerprint density at radius 1 is 1.10 bits per heavy atom. The van der Waals surface area contributed by atoms with Crippen molar-refractivity contribution in [3.05, 3.63) is 76.3 Å². The molecule has 0 bridgehead atoms. The zero-order valence-corrected chi connectivity index (χ0v) is 17.7. The third-order valence-electron chi connectivity index (χ3n) is 4.88. The highest BCUT2D eigenvalue weighted by Gasteiger charge is 2.14. The van der Waals surface area contributed by atoms with Crippen molar-refractivity contribution in [3.63, 3.8) is 0 Å². The van der Waals surface area contributed by atoms with E-state index in [0.717, 1.165) is 33.4 Å². The summed E-state index contributed by atoms with van der Waals surface area (Å²) in [4.78, 5) is 17.0. The zero-order chi connectivity index (χ0) is 21.3. The fourth-order valence-electron chi connectivity index (χ4n) is 3.26. The molecule has 152 valence electrons. The van der Waals surface area contributed by atoms with E-state index in [1.54, 1.807) is 18.2 Å². The second kappa shape index (κ2) is 8.20. The lowest BCUT2D eigenvalue weighted by molar-refractivity contribution is -0.118. The van der Waals surface area contributed by atoms with Crippen LogP contribution in [0.4, 0.5) is 5.69 Å². The van der Waals surface area contributed by atoms with Crippen LogP contribution < -0.4 is 10.1 Å². The van der Waals surface area contributed by atoms with Crippen LogP contribution in [0.2, 0.25) is 5.02 Å². The molecular formula is C24H21ClN2O3. The van der Waals surface area contributed by atoms with Crippen LogP contribution in [-0.4, -0.2) is 17.5 Å². The molecule has 0 aliphatic carbocycles. The summed E-state index contributed by atoms with van der Waals surface area (Å²) in [6.45, 7) is 5.72. The third kappa shape index (κ3) is 4.16. The Labute approximate surface area is 179 Å². The van der Waals surface area contributed by atoms with Crippen molar-refractivity contribution in [2.45, 2.75) is 20.8 Å². The number of nitrogens with one attached hydrogen (secondary N) is 1. The first-order valence-corrected chi connectivity index (χ1v) is 9.94. The van der Waals surface area contributed by atoms with Gasteiger partial charge in [-0.3, -0.25) is 4.79 Å². The number of benzene rings is 3. The molecule has 1 amide bonds. The number of halogens is 1. The Bertz CT molecular complexity index is 1250. The van der Waals surface area contributed by atoms with Gasteiger partial charge in [0.15, 0.2) is 12.2 Å². The average molecular weight is 421 g/mol.